The first-order chi connectivity index (χ1) is 9.54. The maximum Gasteiger partial charge on any atom is 0.0244 e. The van der Waals surface area contributed by atoms with Gasteiger partial charge >= 0.3 is 0 Å². The predicted octanol–water partition coefficient (Wildman–Crippen LogP) is 3.86. The fourth-order valence-corrected chi connectivity index (χ4v) is 3.77. The maximum atomic E-state index is 3.78. The number of rotatable bonds is 9. The molecule has 1 fully saturated rings. The van der Waals surface area contributed by atoms with Crippen LogP contribution < -0.4 is 5.32 Å². The molecule has 0 aromatic rings. The summed E-state index contributed by atoms with van der Waals surface area (Å²) >= 11 is 1.98. The van der Waals surface area contributed by atoms with Crippen molar-refractivity contribution < 1.29 is 0 Å². The molecule has 2 unspecified atom stereocenters. The molecule has 1 N–H and O–H groups in total. The van der Waals surface area contributed by atoms with Crippen molar-refractivity contribution in [1.82, 2.24) is 10.2 Å². The second kappa shape index (κ2) is 10.1. The third-order valence-corrected chi connectivity index (χ3v) is 5.06. The molecule has 120 valence electrons. The van der Waals surface area contributed by atoms with Gasteiger partial charge in [-0.25, -0.2) is 0 Å². The first-order valence-corrected chi connectivity index (χ1v) is 9.90. The zero-order valence-corrected chi connectivity index (χ0v) is 15.1. The molecule has 1 rings (SSSR count). The topological polar surface area (TPSA) is 15.3 Å². The van der Waals surface area contributed by atoms with E-state index >= 15 is 0 Å². The van der Waals surface area contributed by atoms with E-state index in [4.69, 9.17) is 0 Å². The monoisotopic (exact) mass is 300 g/mol. The molecule has 0 aliphatic carbocycles. The highest BCUT2D eigenvalue weighted by atomic mass is 32.2. The molecule has 1 heterocycles. The van der Waals surface area contributed by atoms with Crippen LogP contribution in [0, 0.1) is 11.8 Å². The van der Waals surface area contributed by atoms with Gasteiger partial charge in [0, 0.05) is 25.2 Å². The van der Waals surface area contributed by atoms with E-state index < -0.39 is 0 Å². The SMILES string of the molecule is CSCCCCCN1CC(CC(C)C)NCC1C(C)C. The highest BCUT2D eigenvalue weighted by Gasteiger charge is 2.29. The van der Waals surface area contributed by atoms with Gasteiger partial charge in [-0.3, -0.25) is 4.90 Å². The van der Waals surface area contributed by atoms with Gasteiger partial charge in [-0.1, -0.05) is 34.1 Å². The summed E-state index contributed by atoms with van der Waals surface area (Å²) in [5.74, 6) is 2.88. The van der Waals surface area contributed by atoms with Gasteiger partial charge in [0.05, 0.1) is 0 Å². The lowest BCUT2D eigenvalue weighted by Crippen LogP contribution is -2.58. The molecule has 0 aromatic heterocycles. The van der Waals surface area contributed by atoms with Crippen LogP contribution in [-0.4, -0.2) is 48.6 Å². The first-order valence-electron chi connectivity index (χ1n) is 8.51. The molecule has 3 heteroatoms. The Bertz CT molecular complexity index is 243. The fourth-order valence-electron chi connectivity index (χ4n) is 3.28. The zero-order valence-electron chi connectivity index (χ0n) is 14.3. The average molecular weight is 301 g/mol. The van der Waals surface area contributed by atoms with Crippen LogP contribution in [0.25, 0.3) is 0 Å². The minimum atomic E-state index is 0.705. The average Bonchev–Trinajstić information content (AvgIpc) is 2.37. The van der Waals surface area contributed by atoms with Crippen molar-refractivity contribution in [2.45, 2.75) is 65.5 Å². The summed E-state index contributed by atoms with van der Waals surface area (Å²) in [6, 6.07) is 1.44. The largest absolute Gasteiger partial charge is 0.311 e. The van der Waals surface area contributed by atoms with E-state index in [1.165, 1.54) is 51.1 Å². The van der Waals surface area contributed by atoms with Crippen LogP contribution in [0.2, 0.25) is 0 Å². The fraction of sp³-hybridized carbons (Fsp3) is 1.00. The number of hydrogen-bond acceptors (Lipinski definition) is 3. The van der Waals surface area contributed by atoms with Gasteiger partial charge in [0.15, 0.2) is 0 Å². The standard InChI is InChI=1S/C17H36N2S/c1-14(2)11-16-13-19(9-7-6-8-10-20-5)17(12-18-16)15(3)4/h14-18H,6-13H2,1-5H3. The number of unbranched alkanes of at least 4 members (excludes halogenated alkanes) is 2. The van der Waals surface area contributed by atoms with Gasteiger partial charge < -0.3 is 5.32 Å². The van der Waals surface area contributed by atoms with Crippen LogP contribution in [0.1, 0.15) is 53.4 Å². The van der Waals surface area contributed by atoms with Crippen molar-refractivity contribution in [2.75, 3.05) is 31.6 Å². The highest BCUT2D eigenvalue weighted by Crippen LogP contribution is 2.19. The smallest absolute Gasteiger partial charge is 0.0244 e. The van der Waals surface area contributed by atoms with Crippen LogP contribution in [-0.2, 0) is 0 Å². The Labute approximate surface area is 131 Å². The highest BCUT2D eigenvalue weighted by molar-refractivity contribution is 7.98. The number of nitrogens with one attached hydrogen (secondary N) is 1. The van der Waals surface area contributed by atoms with Gasteiger partial charge in [0.1, 0.15) is 0 Å². The van der Waals surface area contributed by atoms with Crippen LogP contribution >= 0.6 is 11.8 Å². The Morgan fingerprint density at radius 1 is 1.15 bits per heavy atom. The Kier molecular flexibility index (Phi) is 9.23. The molecule has 20 heavy (non-hydrogen) atoms. The summed E-state index contributed by atoms with van der Waals surface area (Å²) in [7, 11) is 0. The van der Waals surface area contributed by atoms with E-state index in [0.717, 1.165) is 17.9 Å². The molecule has 0 spiro atoms. The molecule has 1 saturated heterocycles. The van der Waals surface area contributed by atoms with Crippen molar-refractivity contribution >= 4 is 11.8 Å². The van der Waals surface area contributed by atoms with E-state index in [0.29, 0.717) is 6.04 Å². The molecule has 1 aliphatic heterocycles. The van der Waals surface area contributed by atoms with Gasteiger partial charge in [0.2, 0.25) is 0 Å². The summed E-state index contributed by atoms with van der Waals surface area (Å²) in [6.45, 7) is 13.1. The second-order valence-electron chi connectivity index (χ2n) is 7.09. The summed E-state index contributed by atoms with van der Waals surface area (Å²) in [6.07, 6.45) is 7.67. The molecule has 2 nitrogen and oxygen atoms in total. The van der Waals surface area contributed by atoms with Crippen molar-refractivity contribution in [1.29, 1.82) is 0 Å². The Balaban J connectivity index is 2.38. The van der Waals surface area contributed by atoms with E-state index in [2.05, 4.69) is 44.2 Å². The molecule has 2 atom stereocenters. The zero-order chi connectivity index (χ0) is 15.0. The van der Waals surface area contributed by atoms with Crippen LogP contribution in [0.5, 0.6) is 0 Å². The second-order valence-corrected chi connectivity index (χ2v) is 8.08. The van der Waals surface area contributed by atoms with Crippen LogP contribution in [0.3, 0.4) is 0 Å². The number of piperazine rings is 1. The summed E-state index contributed by atoms with van der Waals surface area (Å²) in [5.41, 5.74) is 0. The molecule has 0 aromatic carbocycles. The van der Waals surface area contributed by atoms with Crippen LogP contribution in [0.4, 0.5) is 0 Å². The van der Waals surface area contributed by atoms with E-state index in [1.54, 1.807) is 0 Å². The summed E-state index contributed by atoms with van der Waals surface area (Å²) in [5, 5.41) is 3.78. The van der Waals surface area contributed by atoms with E-state index in [1.807, 2.05) is 11.8 Å². The summed E-state index contributed by atoms with van der Waals surface area (Å²) in [4.78, 5) is 2.77. The quantitative estimate of drug-likeness (QED) is 0.651. The normalized spacial score (nSPS) is 24.8. The molecular formula is C17H36N2S. The Hall–Kier alpha value is 0.270. The first kappa shape index (κ1) is 18.3. The van der Waals surface area contributed by atoms with Crippen molar-refractivity contribution in [3.63, 3.8) is 0 Å². The van der Waals surface area contributed by atoms with Gasteiger partial charge in [0.25, 0.3) is 0 Å². The molecule has 0 bridgehead atoms. The van der Waals surface area contributed by atoms with Crippen molar-refractivity contribution in [2.24, 2.45) is 11.8 Å². The molecule has 0 amide bonds. The Morgan fingerprint density at radius 3 is 2.50 bits per heavy atom. The molecule has 1 aliphatic rings. The molecule has 0 radical (unpaired) electrons. The van der Waals surface area contributed by atoms with Crippen molar-refractivity contribution in [3.05, 3.63) is 0 Å². The van der Waals surface area contributed by atoms with Gasteiger partial charge in [-0.05, 0) is 49.7 Å². The Morgan fingerprint density at radius 2 is 1.90 bits per heavy atom. The number of thioether (sulfide) groups is 1. The number of nitrogens with zero attached hydrogens (tertiary/aromatic N) is 1. The lowest BCUT2D eigenvalue weighted by Gasteiger charge is -2.43. The lowest BCUT2D eigenvalue weighted by molar-refractivity contribution is 0.0904. The lowest BCUT2D eigenvalue weighted by atomic mass is 9.94. The van der Waals surface area contributed by atoms with E-state index in [9.17, 15) is 0 Å². The minimum absolute atomic E-state index is 0.705. The predicted molar refractivity (Wildman–Crippen MR) is 93.7 cm³/mol. The van der Waals surface area contributed by atoms with Crippen molar-refractivity contribution in [3.8, 4) is 0 Å². The molecule has 0 saturated carbocycles. The number of hydrogen-bond donors (Lipinski definition) is 1. The van der Waals surface area contributed by atoms with Gasteiger partial charge in [-0.15, -0.1) is 0 Å². The molecular weight excluding hydrogens is 264 g/mol. The summed E-state index contributed by atoms with van der Waals surface area (Å²) < 4.78 is 0. The third kappa shape index (κ3) is 6.82. The van der Waals surface area contributed by atoms with Crippen LogP contribution in [0.15, 0.2) is 0 Å². The minimum Gasteiger partial charge on any atom is -0.311 e. The van der Waals surface area contributed by atoms with E-state index in [-0.39, 0.29) is 0 Å². The third-order valence-electron chi connectivity index (χ3n) is 4.36. The maximum absolute atomic E-state index is 3.78. The van der Waals surface area contributed by atoms with Gasteiger partial charge in [-0.2, -0.15) is 11.8 Å².